The van der Waals surface area contributed by atoms with Crippen molar-refractivity contribution in [2.45, 2.75) is 6.18 Å². The third-order valence-electron chi connectivity index (χ3n) is 4.00. The van der Waals surface area contributed by atoms with E-state index in [0.717, 1.165) is 0 Å². The second-order valence-electron chi connectivity index (χ2n) is 6.31. The average Bonchev–Trinajstić information content (AvgIpc) is 3.27. The molecule has 3 rings (SSSR count). The molecule has 0 unspecified atom stereocenters. The molecule has 1 heterocycles. The van der Waals surface area contributed by atoms with Crippen LogP contribution in [0.3, 0.4) is 0 Å². The largest absolute Gasteiger partial charge is 0.405 e. The van der Waals surface area contributed by atoms with Gasteiger partial charge in [0.1, 0.15) is 6.54 Å². The van der Waals surface area contributed by atoms with Crippen LogP contribution < -0.4 is 16.0 Å². The molecule has 1 aromatic heterocycles. The van der Waals surface area contributed by atoms with E-state index in [1.165, 1.54) is 41.7 Å². The van der Waals surface area contributed by atoms with Crippen LogP contribution in [0.2, 0.25) is 0 Å². The van der Waals surface area contributed by atoms with Crippen LogP contribution in [0.25, 0.3) is 0 Å². The van der Waals surface area contributed by atoms with Gasteiger partial charge in [0.2, 0.25) is 0 Å². The van der Waals surface area contributed by atoms with Crippen LogP contribution in [0.15, 0.2) is 66.0 Å². The van der Waals surface area contributed by atoms with Crippen LogP contribution in [-0.4, -0.2) is 30.4 Å². The Kier molecular flexibility index (Phi) is 6.71. The van der Waals surface area contributed by atoms with Gasteiger partial charge in [-0.25, -0.2) is 0 Å². The van der Waals surface area contributed by atoms with Crippen molar-refractivity contribution in [2.24, 2.45) is 0 Å². The number of benzene rings is 2. The molecule has 0 saturated heterocycles. The molecule has 0 aliphatic rings. The Morgan fingerprint density at radius 1 is 0.839 bits per heavy atom. The number of para-hydroxylation sites is 1. The quantitative estimate of drug-likeness (QED) is 0.518. The zero-order valence-corrected chi connectivity index (χ0v) is 16.6. The molecule has 0 aliphatic carbocycles. The number of halogens is 3. The number of carbonyl (C=O) groups excluding carboxylic acids is 3. The number of rotatable bonds is 6. The van der Waals surface area contributed by atoms with Crippen LogP contribution in [0.5, 0.6) is 0 Å². The van der Waals surface area contributed by atoms with Crippen molar-refractivity contribution >= 4 is 40.4 Å². The van der Waals surface area contributed by atoms with Crippen molar-refractivity contribution in [1.82, 2.24) is 5.32 Å². The number of nitrogens with one attached hydrogen (secondary N) is 3. The molecule has 31 heavy (non-hydrogen) atoms. The number of hydrogen-bond donors (Lipinski definition) is 3. The van der Waals surface area contributed by atoms with Crippen molar-refractivity contribution in [3.63, 3.8) is 0 Å². The Morgan fingerprint density at radius 3 is 2.32 bits per heavy atom. The standard InChI is InChI=1S/C21H16F3N3O3S/c22-21(23,24)12-25-18(28)13-5-3-6-14(11-13)26-19(29)15-7-1-2-8-16(15)27-20(30)17-9-4-10-31-17/h1-11H,12H2,(H,25,28)(H,26,29)(H,27,30). The molecule has 0 saturated carbocycles. The van der Waals surface area contributed by atoms with Gasteiger partial charge in [-0.3, -0.25) is 14.4 Å². The fourth-order valence-electron chi connectivity index (χ4n) is 2.60. The van der Waals surface area contributed by atoms with E-state index < -0.39 is 24.5 Å². The summed E-state index contributed by atoms with van der Waals surface area (Å²) >= 11 is 1.26. The maximum atomic E-state index is 12.7. The Bertz CT molecular complexity index is 1100. The molecule has 3 N–H and O–H groups in total. The maximum Gasteiger partial charge on any atom is 0.405 e. The first-order chi connectivity index (χ1) is 14.7. The first-order valence-electron chi connectivity index (χ1n) is 8.93. The number of thiophene rings is 1. The van der Waals surface area contributed by atoms with Crippen LogP contribution in [-0.2, 0) is 0 Å². The Labute approximate surface area is 179 Å². The second-order valence-corrected chi connectivity index (χ2v) is 7.26. The highest BCUT2D eigenvalue weighted by atomic mass is 32.1. The molecule has 0 bridgehead atoms. The molecule has 0 fully saturated rings. The number of hydrogen-bond acceptors (Lipinski definition) is 4. The van der Waals surface area contributed by atoms with Gasteiger partial charge in [-0.15, -0.1) is 11.3 Å². The molecule has 160 valence electrons. The molecule has 0 spiro atoms. The van der Waals surface area contributed by atoms with Crippen LogP contribution in [0, 0.1) is 0 Å². The van der Waals surface area contributed by atoms with Gasteiger partial charge in [-0.2, -0.15) is 13.2 Å². The van der Waals surface area contributed by atoms with Crippen molar-refractivity contribution in [2.75, 3.05) is 17.2 Å². The van der Waals surface area contributed by atoms with Crippen molar-refractivity contribution < 1.29 is 27.6 Å². The van der Waals surface area contributed by atoms with E-state index in [2.05, 4.69) is 10.6 Å². The number of carbonyl (C=O) groups is 3. The molecule has 0 aliphatic heterocycles. The first-order valence-corrected chi connectivity index (χ1v) is 9.81. The van der Waals surface area contributed by atoms with E-state index in [1.807, 2.05) is 0 Å². The van der Waals surface area contributed by atoms with E-state index in [1.54, 1.807) is 41.0 Å². The van der Waals surface area contributed by atoms with E-state index >= 15 is 0 Å². The minimum Gasteiger partial charge on any atom is -0.343 e. The summed E-state index contributed by atoms with van der Waals surface area (Å²) in [4.78, 5) is 37.4. The second kappa shape index (κ2) is 9.43. The molecule has 3 amide bonds. The van der Waals surface area contributed by atoms with Gasteiger partial charge in [-0.1, -0.05) is 24.3 Å². The lowest BCUT2D eigenvalue weighted by molar-refractivity contribution is -0.123. The average molecular weight is 447 g/mol. The van der Waals surface area contributed by atoms with Gasteiger partial charge in [0.25, 0.3) is 17.7 Å². The topological polar surface area (TPSA) is 87.3 Å². The lowest BCUT2D eigenvalue weighted by atomic mass is 10.1. The van der Waals surface area contributed by atoms with Crippen molar-refractivity contribution in [1.29, 1.82) is 0 Å². The number of anilines is 2. The summed E-state index contributed by atoms with van der Waals surface area (Å²) in [7, 11) is 0. The minimum absolute atomic E-state index is 0.0404. The summed E-state index contributed by atoms with van der Waals surface area (Å²) in [5.74, 6) is -1.84. The van der Waals surface area contributed by atoms with Crippen LogP contribution >= 0.6 is 11.3 Å². The monoisotopic (exact) mass is 447 g/mol. The Hall–Kier alpha value is -3.66. The lowest BCUT2D eigenvalue weighted by Gasteiger charge is -2.12. The highest BCUT2D eigenvalue weighted by Crippen LogP contribution is 2.20. The van der Waals surface area contributed by atoms with E-state index in [-0.39, 0.29) is 28.4 Å². The Balaban J connectivity index is 1.72. The zero-order valence-electron chi connectivity index (χ0n) is 15.8. The number of amides is 3. The normalized spacial score (nSPS) is 10.9. The van der Waals surface area contributed by atoms with Gasteiger partial charge >= 0.3 is 6.18 Å². The lowest BCUT2D eigenvalue weighted by Crippen LogP contribution is -2.33. The van der Waals surface area contributed by atoms with Gasteiger partial charge in [0.15, 0.2) is 0 Å². The SMILES string of the molecule is O=C(NCC(F)(F)F)c1cccc(NC(=O)c2ccccc2NC(=O)c2cccs2)c1. The Morgan fingerprint density at radius 2 is 1.61 bits per heavy atom. The highest BCUT2D eigenvalue weighted by molar-refractivity contribution is 7.12. The first kappa shape index (κ1) is 22.0. The van der Waals surface area contributed by atoms with Crippen molar-refractivity contribution in [3.8, 4) is 0 Å². The summed E-state index contributed by atoms with van der Waals surface area (Å²) in [6.07, 6.45) is -4.53. The third-order valence-corrected chi connectivity index (χ3v) is 4.87. The molecule has 3 aromatic rings. The summed E-state index contributed by atoms with van der Waals surface area (Å²) < 4.78 is 36.9. The smallest absolute Gasteiger partial charge is 0.343 e. The van der Waals surface area contributed by atoms with Crippen LogP contribution in [0.1, 0.15) is 30.4 Å². The molecule has 10 heteroatoms. The maximum absolute atomic E-state index is 12.7. The molecule has 6 nitrogen and oxygen atoms in total. The predicted molar refractivity (Wildman–Crippen MR) is 111 cm³/mol. The third kappa shape index (κ3) is 6.16. The fraction of sp³-hybridized carbons (Fsp3) is 0.0952. The van der Waals surface area contributed by atoms with E-state index in [4.69, 9.17) is 0 Å². The van der Waals surface area contributed by atoms with Gasteiger partial charge < -0.3 is 16.0 Å². The van der Waals surface area contributed by atoms with Gasteiger partial charge in [-0.05, 0) is 41.8 Å². The molecule has 0 atom stereocenters. The van der Waals surface area contributed by atoms with E-state index in [9.17, 15) is 27.6 Å². The summed E-state index contributed by atoms with van der Waals surface area (Å²) in [5.41, 5.74) is 0.641. The highest BCUT2D eigenvalue weighted by Gasteiger charge is 2.28. The molecular formula is C21H16F3N3O3S. The molecule has 0 radical (unpaired) electrons. The van der Waals surface area contributed by atoms with Crippen LogP contribution in [0.4, 0.5) is 24.5 Å². The van der Waals surface area contributed by atoms with Gasteiger partial charge in [0.05, 0.1) is 16.1 Å². The molecular weight excluding hydrogens is 431 g/mol. The summed E-state index contributed by atoms with van der Waals surface area (Å²) in [5, 5.41) is 8.79. The van der Waals surface area contributed by atoms with E-state index in [0.29, 0.717) is 4.88 Å². The summed E-state index contributed by atoms with van der Waals surface area (Å²) in [6.45, 7) is -1.46. The zero-order chi connectivity index (χ0) is 22.4. The fourth-order valence-corrected chi connectivity index (χ4v) is 3.22. The number of alkyl halides is 3. The van der Waals surface area contributed by atoms with Gasteiger partial charge in [0, 0.05) is 11.3 Å². The minimum atomic E-state index is -4.53. The van der Waals surface area contributed by atoms with Crippen molar-refractivity contribution in [3.05, 3.63) is 82.0 Å². The summed E-state index contributed by atoms with van der Waals surface area (Å²) in [6, 6.07) is 15.3. The predicted octanol–water partition coefficient (Wildman–Crippen LogP) is 4.54. The molecule has 2 aromatic carbocycles.